The number of allylic oxidation sites excluding steroid dienone is 1. The summed E-state index contributed by atoms with van der Waals surface area (Å²) >= 11 is 0. The fraction of sp³-hybridized carbons (Fsp3) is 0.250. The average Bonchev–Trinajstić information content (AvgIpc) is 2.17. The van der Waals surface area contributed by atoms with E-state index in [1.54, 1.807) is 6.08 Å². The Morgan fingerprint density at radius 1 is 1.62 bits per heavy atom. The van der Waals surface area contributed by atoms with Gasteiger partial charge in [0.05, 0.1) is 12.7 Å². The van der Waals surface area contributed by atoms with Crippen molar-refractivity contribution < 1.29 is 14.3 Å². The summed E-state index contributed by atoms with van der Waals surface area (Å²) < 4.78 is 4.50. The number of hydrogen-bond donors (Lipinski definition) is 1. The number of urea groups is 1. The molecule has 5 heteroatoms. The summed E-state index contributed by atoms with van der Waals surface area (Å²) in [6.45, 7) is 0. The minimum atomic E-state index is -0.627. The highest BCUT2D eigenvalue weighted by Crippen LogP contribution is 2.12. The largest absolute Gasteiger partial charge is 0.466 e. The van der Waals surface area contributed by atoms with Crippen molar-refractivity contribution in [2.75, 3.05) is 7.11 Å². The minimum absolute atomic E-state index is 0.406. The fourth-order valence-electron chi connectivity index (χ4n) is 0.961. The molecule has 0 aliphatic carbocycles. The molecule has 0 spiro atoms. The van der Waals surface area contributed by atoms with Gasteiger partial charge in [-0.3, -0.25) is 4.90 Å². The third-order valence-electron chi connectivity index (χ3n) is 1.60. The van der Waals surface area contributed by atoms with Gasteiger partial charge >= 0.3 is 12.0 Å². The van der Waals surface area contributed by atoms with Gasteiger partial charge in [0.25, 0.3) is 0 Å². The Morgan fingerprint density at radius 2 is 2.31 bits per heavy atom. The molecule has 0 saturated heterocycles. The van der Waals surface area contributed by atoms with Gasteiger partial charge in [-0.15, -0.1) is 0 Å². The molecule has 0 radical (unpaired) electrons. The van der Waals surface area contributed by atoms with Gasteiger partial charge in [-0.1, -0.05) is 6.08 Å². The van der Waals surface area contributed by atoms with Crippen LogP contribution in [0.25, 0.3) is 0 Å². The number of carbonyl (C=O) groups excluding carboxylic acids is 2. The lowest BCUT2D eigenvalue weighted by Crippen LogP contribution is -2.29. The van der Waals surface area contributed by atoms with Crippen LogP contribution < -0.4 is 5.73 Å². The monoisotopic (exact) mass is 182 g/mol. The van der Waals surface area contributed by atoms with E-state index in [2.05, 4.69) is 4.74 Å². The van der Waals surface area contributed by atoms with Gasteiger partial charge in [0.1, 0.15) is 0 Å². The SMILES string of the molecule is COC(=O)C1=CN(C(N)=O)C=CC1. The molecule has 0 aromatic rings. The molecule has 0 aromatic heterocycles. The van der Waals surface area contributed by atoms with E-state index in [9.17, 15) is 9.59 Å². The van der Waals surface area contributed by atoms with Crippen molar-refractivity contribution in [3.05, 3.63) is 24.0 Å². The number of amides is 2. The standard InChI is InChI=1S/C8H10N2O3/c1-13-7(11)6-3-2-4-10(5-6)8(9)12/h2,4-5H,3H2,1H3,(H2,9,12). The number of nitrogens with zero attached hydrogens (tertiary/aromatic N) is 1. The van der Waals surface area contributed by atoms with E-state index < -0.39 is 12.0 Å². The van der Waals surface area contributed by atoms with E-state index >= 15 is 0 Å². The second-order valence-electron chi connectivity index (χ2n) is 2.48. The summed E-state index contributed by atoms with van der Waals surface area (Å²) in [6.07, 6.45) is 5.00. The first-order valence-corrected chi connectivity index (χ1v) is 3.68. The van der Waals surface area contributed by atoms with E-state index in [1.165, 1.54) is 19.5 Å². The van der Waals surface area contributed by atoms with Gasteiger partial charge in [0.2, 0.25) is 0 Å². The molecule has 5 nitrogen and oxygen atoms in total. The summed E-state index contributed by atoms with van der Waals surface area (Å²) in [5.74, 6) is -0.449. The van der Waals surface area contributed by atoms with E-state index in [-0.39, 0.29) is 0 Å². The van der Waals surface area contributed by atoms with Crippen LogP contribution >= 0.6 is 0 Å². The topological polar surface area (TPSA) is 72.6 Å². The molecule has 1 heterocycles. The zero-order valence-electron chi connectivity index (χ0n) is 7.19. The molecule has 1 aliphatic heterocycles. The van der Waals surface area contributed by atoms with Crippen molar-refractivity contribution in [3.63, 3.8) is 0 Å². The van der Waals surface area contributed by atoms with Crippen LogP contribution in [0.1, 0.15) is 6.42 Å². The molecule has 0 bridgehead atoms. The van der Waals surface area contributed by atoms with Crippen LogP contribution in [-0.4, -0.2) is 24.0 Å². The Morgan fingerprint density at radius 3 is 2.85 bits per heavy atom. The van der Waals surface area contributed by atoms with Gasteiger partial charge in [-0.25, -0.2) is 9.59 Å². The third kappa shape index (κ3) is 2.08. The van der Waals surface area contributed by atoms with Crippen LogP contribution in [-0.2, 0) is 9.53 Å². The van der Waals surface area contributed by atoms with Crippen LogP contribution in [0.4, 0.5) is 4.79 Å². The Labute approximate surface area is 75.4 Å². The molecule has 13 heavy (non-hydrogen) atoms. The second kappa shape index (κ2) is 3.75. The maximum Gasteiger partial charge on any atom is 0.335 e. The summed E-state index contributed by atoms with van der Waals surface area (Å²) in [5, 5.41) is 0. The molecule has 2 N–H and O–H groups in total. The van der Waals surface area contributed by atoms with Gasteiger partial charge in [0.15, 0.2) is 0 Å². The lowest BCUT2D eigenvalue weighted by atomic mass is 10.1. The van der Waals surface area contributed by atoms with Crippen molar-refractivity contribution in [2.45, 2.75) is 6.42 Å². The number of methoxy groups -OCH3 is 1. The lowest BCUT2D eigenvalue weighted by Gasteiger charge is -2.15. The van der Waals surface area contributed by atoms with E-state index in [0.29, 0.717) is 12.0 Å². The minimum Gasteiger partial charge on any atom is -0.466 e. The molecule has 0 unspecified atom stereocenters. The number of ether oxygens (including phenoxy) is 1. The zero-order chi connectivity index (χ0) is 9.84. The quantitative estimate of drug-likeness (QED) is 0.594. The molecule has 1 aliphatic rings. The third-order valence-corrected chi connectivity index (χ3v) is 1.60. The lowest BCUT2D eigenvalue weighted by molar-refractivity contribution is -0.136. The summed E-state index contributed by atoms with van der Waals surface area (Å²) in [5.41, 5.74) is 5.42. The van der Waals surface area contributed by atoms with Crippen LogP contribution in [0.3, 0.4) is 0 Å². The van der Waals surface area contributed by atoms with Crippen molar-refractivity contribution in [1.82, 2.24) is 4.90 Å². The number of nitrogens with two attached hydrogens (primary N) is 1. The van der Waals surface area contributed by atoms with E-state index in [4.69, 9.17) is 5.73 Å². The summed E-state index contributed by atoms with van der Waals surface area (Å²) in [6, 6.07) is -0.627. The summed E-state index contributed by atoms with van der Waals surface area (Å²) in [7, 11) is 1.29. The van der Waals surface area contributed by atoms with Gasteiger partial charge < -0.3 is 10.5 Å². The van der Waals surface area contributed by atoms with Gasteiger partial charge in [0, 0.05) is 18.8 Å². The molecule has 0 atom stereocenters. The normalized spacial score (nSPS) is 15.2. The predicted molar refractivity (Wildman–Crippen MR) is 45.3 cm³/mol. The number of esters is 1. The smallest absolute Gasteiger partial charge is 0.335 e. The fourth-order valence-corrected chi connectivity index (χ4v) is 0.961. The van der Waals surface area contributed by atoms with Crippen LogP contribution in [0, 0.1) is 0 Å². The number of primary amides is 1. The zero-order valence-corrected chi connectivity index (χ0v) is 7.19. The Bertz CT molecular complexity index is 294. The number of carbonyl (C=O) groups is 2. The molecule has 0 aromatic carbocycles. The van der Waals surface area contributed by atoms with Crippen molar-refractivity contribution in [2.24, 2.45) is 5.73 Å². The highest BCUT2D eigenvalue weighted by atomic mass is 16.5. The maximum atomic E-state index is 11.0. The molecular formula is C8H10N2O3. The molecule has 1 rings (SSSR count). The van der Waals surface area contributed by atoms with E-state index in [0.717, 1.165) is 4.90 Å². The number of hydrogen-bond acceptors (Lipinski definition) is 3. The summed E-state index contributed by atoms with van der Waals surface area (Å²) in [4.78, 5) is 22.9. The van der Waals surface area contributed by atoms with Gasteiger partial charge in [-0.2, -0.15) is 0 Å². The Balaban J connectivity index is 2.78. The van der Waals surface area contributed by atoms with Crippen molar-refractivity contribution in [1.29, 1.82) is 0 Å². The first-order chi connectivity index (χ1) is 6.15. The number of rotatable bonds is 1. The molecule has 2 amide bonds. The van der Waals surface area contributed by atoms with Gasteiger partial charge in [-0.05, 0) is 0 Å². The van der Waals surface area contributed by atoms with Crippen LogP contribution in [0.5, 0.6) is 0 Å². The molecular weight excluding hydrogens is 172 g/mol. The van der Waals surface area contributed by atoms with Crippen LogP contribution in [0.2, 0.25) is 0 Å². The second-order valence-corrected chi connectivity index (χ2v) is 2.48. The highest BCUT2D eigenvalue weighted by Gasteiger charge is 2.15. The molecule has 0 saturated carbocycles. The maximum absolute atomic E-state index is 11.0. The highest BCUT2D eigenvalue weighted by molar-refractivity contribution is 5.90. The Kier molecular flexibility index (Phi) is 2.69. The molecule has 0 fully saturated rings. The predicted octanol–water partition coefficient (Wildman–Crippen LogP) is 0.341. The molecule has 70 valence electrons. The first kappa shape index (κ1) is 9.31. The van der Waals surface area contributed by atoms with Crippen LogP contribution in [0.15, 0.2) is 24.0 Å². The van der Waals surface area contributed by atoms with Crippen molar-refractivity contribution in [3.8, 4) is 0 Å². The first-order valence-electron chi connectivity index (χ1n) is 3.68. The van der Waals surface area contributed by atoms with Crippen molar-refractivity contribution >= 4 is 12.0 Å². The van der Waals surface area contributed by atoms with E-state index in [1.807, 2.05) is 0 Å². The average molecular weight is 182 g/mol. The Hall–Kier alpha value is -1.78.